The molecule has 0 aliphatic heterocycles. The molecular weight excluding hydrogens is 393 g/mol. The van der Waals surface area contributed by atoms with Gasteiger partial charge in [0, 0.05) is 41.1 Å². The first-order valence-corrected chi connectivity index (χ1v) is 10.0. The Morgan fingerprint density at radius 3 is 2.58 bits per heavy atom. The number of fused-ring (bicyclic) bond motifs is 3. The van der Waals surface area contributed by atoms with Gasteiger partial charge < -0.3 is 4.57 Å². The zero-order valence-electron chi connectivity index (χ0n) is 17.2. The molecule has 0 N–H and O–H groups in total. The molecule has 4 heterocycles. The average Bonchev–Trinajstić information content (AvgIpc) is 3.02. The van der Waals surface area contributed by atoms with Gasteiger partial charge in [-0.25, -0.2) is 9.67 Å². The lowest BCUT2D eigenvalue weighted by molar-refractivity contribution is 0.562. The first-order valence-electron chi connectivity index (χ1n) is 10.0. The maximum Gasteiger partial charge on any atom is 0.291 e. The summed E-state index contributed by atoms with van der Waals surface area (Å²) in [5, 5.41) is 6.08. The van der Waals surface area contributed by atoms with E-state index in [2.05, 4.69) is 27.2 Å². The Morgan fingerprint density at radius 1 is 0.968 bits per heavy atom. The summed E-state index contributed by atoms with van der Waals surface area (Å²) in [5.74, 6) is -0.577. The molecule has 0 unspecified atom stereocenters. The molecule has 4 aromatic heterocycles. The van der Waals surface area contributed by atoms with Crippen LogP contribution < -0.4 is 5.56 Å². The summed E-state index contributed by atoms with van der Waals surface area (Å²) in [5.41, 5.74) is 4.85. The van der Waals surface area contributed by atoms with E-state index in [1.165, 1.54) is 10.7 Å². The minimum Gasteiger partial charge on any atom is -0.339 e. The molecule has 0 amide bonds. The Labute approximate surface area is 177 Å². The van der Waals surface area contributed by atoms with E-state index in [1.54, 1.807) is 18.3 Å². The van der Waals surface area contributed by atoms with Crippen molar-refractivity contribution < 1.29 is 4.39 Å². The lowest BCUT2D eigenvalue weighted by Gasteiger charge is -2.05. The van der Waals surface area contributed by atoms with Crippen LogP contribution in [-0.2, 0) is 20.0 Å². The van der Waals surface area contributed by atoms with Crippen molar-refractivity contribution in [1.29, 1.82) is 0 Å². The van der Waals surface area contributed by atoms with Crippen LogP contribution in [0.1, 0.15) is 22.6 Å². The molecule has 0 aliphatic carbocycles. The van der Waals surface area contributed by atoms with Crippen LogP contribution in [-0.4, -0.2) is 24.3 Å². The lowest BCUT2D eigenvalue weighted by atomic mass is 10.1. The van der Waals surface area contributed by atoms with Crippen LogP contribution in [0, 0.1) is 12.9 Å². The second-order valence-corrected chi connectivity index (χ2v) is 7.68. The number of hydrogen-bond acceptors (Lipinski definition) is 4. The molecule has 31 heavy (non-hydrogen) atoms. The van der Waals surface area contributed by atoms with Gasteiger partial charge in [0.15, 0.2) is 0 Å². The van der Waals surface area contributed by atoms with Crippen LogP contribution in [0.2, 0.25) is 0 Å². The number of nitrogens with zero attached hydrogens (tertiary/aromatic N) is 5. The molecule has 0 aliphatic rings. The van der Waals surface area contributed by atoms with E-state index in [1.807, 2.05) is 42.8 Å². The summed E-state index contributed by atoms with van der Waals surface area (Å²) in [6, 6.07) is 16.7. The number of benzene rings is 1. The minimum absolute atomic E-state index is 0.109. The minimum atomic E-state index is -0.577. The number of hydrogen-bond donors (Lipinski definition) is 0. The predicted molar refractivity (Wildman–Crippen MR) is 118 cm³/mol. The highest BCUT2D eigenvalue weighted by molar-refractivity contribution is 6.07. The second-order valence-electron chi connectivity index (χ2n) is 7.68. The second kappa shape index (κ2) is 7.43. The highest BCUT2D eigenvalue weighted by Crippen LogP contribution is 2.27. The highest BCUT2D eigenvalue weighted by atomic mass is 19.1. The standard InChI is InChI=1S/C24H20FN5O/c1-15-5-3-6-17(27-15)11-16-9-10-19-20-13-26-30(14-18-7-4-8-22(25)28-18)24(31)23(20)29(2)21(19)12-16/h3-10,12-13H,11,14H2,1-2H3. The van der Waals surface area contributed by atoms with Crippen LogP contribution in [0.3, 0.4) is 0 Å². The normalized spacial score (nSPS) is 11.5. The van der Waals surface area contributed by atoms with Crippen molar-refractivity contribution in [3.05, 3.63) is 99.7 Å². The Morgan fingerprint density at radius 2 is 1.77 bits per heavy atom. The maximum absolute atomic E-state index is 13.4. The quantitative estimate of drug-likeness (QED) is 0.421. The zero-order valence-corrected chi connectivity index (χ0v) is 17.2. The summed E-state index contributed by atoms with van der Waals surface area (Å²) >= 11 is 0. The molecule has 0 bridgehead atoms. The molecule has 0 saturated heterocycles. The molecule has 0 saturated carbocycles. The Balaban J connectivity index is 1.58. The van der Waals surface area contributed by atoms with Gasteiger partial charge in [-0.05, 0) is 42.8 Å². The van der Waals surface area contributed by atoms with Crippen molar-refractivity contribution in [2.45, 2.75) is 19.9 Å². The van der Waals surface area contributed by atoms with Gasteiger partial charge in [-0.3, -0.25) is 9.78 Å². The number of halogens is 1. The van der Waals surface area contributed by atoms with E-state index in [0.29, 0.717) is 17.6 Å². The van der Waals surface area contributed by atoms with Crippen molar-refractivity contribution in [1.82, 2.24) is 24.3 Å². The van der Waals surface area contributed by atoms with Gasteiger partial charge in [-0.15, -0.1) is 0 Å². The van der Waals surface area contributed by atoms with Crippen LogP contribution in [0.4, 0.5) is 4.39 Å². The van der Waals surface area contributed by atoms with Gasteiger partial charge >= 0.3 is 0 Å². The van der Waals surface area contributed by atoms with E-state index in [4.69, 9.17) is 0 Å². The molecule has 0 spiro atoms. The van der Waals surface area contributed by atoms with Gasteiger partial charge in [0.1, 0.15) is 5.52 Å². The topological polar surface area (TPSA) is 65.6 Å². The smallest absolute Gasteiger partial charge is 0.291 e. The number of aromatic nitrogens is 5. The number of pyridine rings is 2. The van der Waals surface area contributed by atoms with Crippen LogP contribution in [0.5, 0.6) is 0 Å². The Kier molecular flexibility index (Phi) is 4.58. The molecule has 7 heteroatoms. The van der Waals surface area contributed by atoms with Crippen LogP contribution in [0.25, 0.3) is 21.8 Å². The van der Waals surface area contributed by atoms with Crippen molar-refractivity contribution in [2.24, 2.45) is 7.05 Å². The summed E-state index contributed by atoms with van der Waals surface area (Å²) in [4.78, 5) is 21.6. The summed E-state index contributed by atoms with van der Waals surface area (Å²) in [6.45, 7) is 2.09. The monoisotopic (exact) mass is 413 g/mol. The van der Waals surface area contributed by atoms with Crippen molar-refractivity contribution in [3.8, 4) is 0 Å². The van der Waals surface area contributed by atoms with Gasteiger partial charge in [-0.2, -0.15) is 9.49 Å². The van der Waals surface area contributed by atoms with E-state index in [0.717, 1.165) is 33.2 Å². The Hall–Kier alpha value is -3.87. The fourth-order valence-electron chi connectivity index (χ4n) is 4.02. The Bertz CT molecular complexity index is 1500. The molecule has 154 valence electrons. The van der Waals surface area contributed by atoms with E-state index in [9.17, 15) is 9.18 Å². The first kappa shape index (κ1) is 19.1. The molecule has 6 nitrogen and oxygen atoms in total. The molecule has 1 aromatic carbocycles. The average molecular weight is 413 g/mol. The fraction of sp³-hybridized carbons (Fsp3) is 0.167. The van der Waals surface area contributed by atoms with Gasteiger partial charge in [-0.1, -0.05) is 24.3 Å². The van der Waals surface area contributed by atoms with Gasteiger partial charge in [0.25, 0.3) is 5.56 Å². The van der Waals surface area contributed by atoms with Crippen LogP contribution >= 0.6 is 0 Å². The summed E-state index contributed by atoms with van der Waals surface area (Å²) < 4.78 is 16.6. The van der Waals surface area contributed by atoms with Gasteiger partial charge in [0.2, 0.25) is 5.95 Å². The van der Waals surface area contributed by atoms with Crippen molar-refractivity contribution >= 4 is 21.8 Å². The third-order valence-electron chi connectivity index (χ3n) is 5.48. The van der Waals surface area contributed by atoms with E-state index >= 15 is 0 Å². The first-order chi connectivity index (χ1) is 15.0. The molecule has 0 fully saturated rings. The number of aryl methyl sites for hydroxylation is 2. The van der Waals surface area contributed by atoms with Crippen molar-refractivity contribution in [3.63, 3.8) is 0 Å². The third-order valence-corrected chi connectivity index (χ3v) is 5.48. The van der Waals surface area contributed by atoms with E-state index < -0.39 is 5.95 Å². The lowest BCUT2D eigenvalue weighted by Crippen LogP contribution is -2.25. The maximum atomic E-state index is 13.4. The summed E-state index contributed by atoms with van der Waals surface area (Å²) in [7, 11) is 1.88. The fourth-order valence-corrected chi connectivity index (χ4v) is 4.02. The van der Waals surface area contributed by atoms with Crippen LogP contribution in [0.15, 0.2) is 65.6 Å². The molecule has 5 aromatic rings. The molecular formula is C24H20FN5O. The SMILES string of the molecule is Cc1cccc(Cc2ccc3c4cnn(Cc5cccc(F)n5)c(=O)c4n(C)c3c2)n1. The van der Waals surface area contributed by atoms with E-state index in [-0.39, 0.29) is 12.1 Å². The third kappa shape index (κ3) is 3.48. The largest absolute Gasteiger partial charge is 0.339 e. The summed E-state index contributed by atoms with van der Waals surface area (Å²) in [6.07, 6.45) is 2.41. The molecule has 5 rings (SSSR count). The molecule has 0 radical (unpaired) electrons. The van der Waals surface area contributed by atoms with Gasteiger partial charge in [0.05, 0.1) is 18.4 Å². The zero-order chi connectivity index (χ0) is 21.5. The highest BCUT2D eigenvalue weighted by Gasteiger charge is 2.15. The molecule has 0 atom stereocenters. The predicted octanol–water partition coefficient (Wildman–Crippen LogP) is 3.76. The van der Waals surface area contributed by atoms with Crippen molar-refractivity contribution in [2.75, 3.05) is 0 Å². The number of rotatable bonds is 4.